The maximum Gasteiger partial charge on any atom is 0.244 e. The number of hydrogen-bond acceptors (Lipinski definition) is 1. The zero-order chi connectivity index (χ0) is 12.9. The van der Waals surface area contributed by atoms with Gasteiger partial charge in [-0.05, 0) is 18.4 Å². The van der Waals surface area contributed by atoms with E-state index in [0.717, 1.165) is 0 Å². The molecule has 17 heavy (non-hydrogen) atoms. The second kappa shape index (κ2) is 6.10. The normalized spacial score (nSPS) is 16.8. The lowest BCUT2D eigenvalue weighted by atomic mass is 9.77. The number of alkyl halides is 2. The Balaban J connectivity index is 3.12. The summed E-state index contributed by atoms with van der Waals surface area (Å²) in [6.45, 7) is 3.59. The maximum absolute atomic E-state index is 13.0. The van der Waals surface area contributed by atoms with Crippen molar-refractivity contribution in [2.24, 2.45) is 5.92 Å². The minimum Gasteiger partial charge on any atom is -0.385 e. The van der Waals surface area contributed by atoms with Gasteiger partial charge in [-0.15, -0.1) is 0 Å². The minimum atomic E-state index is -2.50. The van der Waals surface area contributed by atoms with Gasteiger partial charge in [0.2, 0.25) is 6.43 Å². The van der Waals surface area contributed by atoms with Crippen LogP contribution in [0.3, 0.4) is 0 Å². The van der Waals surface area contributed by atoms with Crippen molar-refractivity contribution in [3.05, 3.63) is 35.9 Å². The standard InChI is InChI=1S/C14H20F2O/c1-3-10-14(17,12(4-2)13(15)16)11-8-6-5-7-9-11/h5-9,12-13,17H,3-4,10H2,1-2H3. The van der Waals surface area contributed by atoms with Gasteiger partial charge in [0, 0.05) is 0 Å². The summed E-state index contributed by atoms with van der Waals surface area (Å²) < 4.78 is 26.1. The SMILES string of the molecule is CCCC(O)(c1ccccc1)C(CC)C(F)F. The molecule has 96 valence electrons. The first-order chi connectivity index (χ1) is 8.06. The average Bonchev–Trinajstić information content (AvgIpc) is 2.31. The third kappa shape index (κ3) is 3.03. The molecule has 0 spiro atoms. The summed E-state index contributed by atoms with van der Waals surface area (Å²) in [5, 5.41) is 10.6. The van der Waals surface area contributed by atoms with Crippen molar-refractivity contribution in [1.29, 1.82) is 0 Å². The molecular formula is C14H20F2O. The molecule has 0 aliphatic heterocycles. The molecule has 0 fully saturated rings. The molecule has 1 nitrogen and oxygen atoms in total. The number of rotatable bonds is 6. The van der Waals surface area contributed by atoms with Gasteiger partial charge >= 0.3 is 0 Å². The summed E-state index contributed by atoms with van der Waals surface area (Å²) in [5.41, 5.74) is -0.826. The van der Waals surface area contributed by atoms with Crippen molar-refractivity contribution in [1.82, 2.24) is 0 Å². The highest BCUT2D eigenvalue weighted by Gasteiger charge is 2.41. The topological polar surface area (TPSA) is 20.2 Å². The number of halogens is 2. The Hall–Kier alpha value is -0.960. The third-order valence-electron chi connectivity index (χ3n) is 3.26. The quantitative estimate of drug-likeness (QED) is 0.800. The smallest absolute Gasteiger partial charge is 0.244 e. The first-order valence-electron chi connectivity index (χ1n) is 6.12. The summed E-state index contributed by atoms with van der Waals surface area (Å²) in [5.74, 6) is -1.01. The van der Waals surface area contributed by atoms with Gasteiger partial charge < -0.3 is 5.11 Å². The fourth-order valence-corrected chi connectivity index (χ4v) is 2.38. The second-order valence-corrected chi connectivity index (χ2v) is 4.39. The Labute approximate surface area is 101 Å². The van der Waals surface area contributed by atoms with Crippen LogP contribution < -0.4 is 0 Å². The fraction of sp³-hybridized carbons (Fsp3) is 0.571. The van der Waals surface area contributed by atoms with Gasteiger partial charge in [-0.2, -0.15) is 0 Å². The lowest BCUT2D eigenvalue weighted by Gasteiger charge is -2.35. The van der Waals surface area contributed by atoms with Crippen LogP contribution in [0.5, 0.6) is 0 Å². The molecule has 0 saturated heterocycles. The monoisotopic (exact) mass is 242 g/mol. The van der Waals surface area contributed by atoms with Crippen molar-refractivity contribution in [3.8, 4) is 0 Å². The molecule has 2 unspecified atom stereocenters. The van der Waals surface area contributed by atoms with Gasteiger partial charge in [-0.3, -0.25) is 0 Å². The molecule has 3 heteroatoms. The van der Waals surface area contributed by atoms with E-state index >= 15 is 0 Å². The molecule has 2 atom stereocenters. The molecule has 1 aromatic carbocycles. The molecule has 0 amide bonds. The summed E-state index contributed by atoms with van der Waals surface area (Å²) >= 11 is 0. The van der Waals surface area contributed by atoms with Crippen LogP contribution in [0.2, 0.25) is 0 Å². The predicted octanol–water partition coefficient (Wildman–Crippen LogP) is 3.97. The fourth-order valence-electron chi connectivity index (χ4n) is 2.38. The van der Waals surface area contributed by atoms with E-state index < -0.39 is 17.9 Å². The first-order valence-corrected chi connectivity index (χ1v) is 6.12. The van der Waals surface area contributed by atoms with E-state index in [4.69, 9.17) is 0 Å². The molecule has 1 rings (SSSR count). The van der Waals surface area contributed by atoms with Gasteiger partial charge in [0.15, 0.2) is 0 Å². The lowest BCUT2D eigenvalue weighted by Crippen LogP contribution is -2.39. The van der Waals surface area contributed by atoms with Crippen molar-refractivity contribution < 1.29 is 13.9 Å². The molecule has 0 aliphatic carbocycles. The van der Waals surface area contributed by atoms with Crippen LogP contribution in [0.1, 0.15) is 38.7 Å². The van der Waals surface area contributed by atoms with Gasteiger partial charge in [-0.25, -0.2) is 8.78 Å². The summed E-state index contributed by atoms with van der Waals surface area (Å²) in [4.78, 5) is 0. The van der Waals surface area contributed by atoms with Gasteiger partial charge in [0.25, 0.3) is 0 Å². The highest BCUT2D eigenvalue weighted by atomic mass is 19.3. The maximum atomic E-state index is 13.0. The lowest BCUT2D eigenvalue weighted by molar-refractivity contribution is -0.0975. The largest absolute Gasteiger partial charge is 0.385 e. The molecule has 1 aromatic rings. The number of benzene rings is 1. The van der Waals surface area contributed by atoms with E-state index in [-0.39, 0.29) is 6.42 Å². The van der Waals surface area contributed by atoms with Crippen LogP contribution in [0.15, 0.2) is 30.3 Å². The predicted molar refractivity (Wildman–Crippen MR) is 65.0 cm³/mol. The van der Waals surface area contributed by atoms with Crippen LogP contribution >= 0.6 is 0 Å². The van der Waals surface area contributed by atoms with E-state index in [2.05, 4.69) is 0 Å². The molecular weight excluding hydrogens is 222 g/mol. The molecule has 0 bridgehead atoms. The molecule has 0 heterocycles. The molecule has 0 radical (unpaired) electrons. The van der Waals surface area contributed by atoms with Crippen LogP contribution in [-0.4, -0.2) is 11.5 Å². The van der Waals surface area contributed by atoms with Crippen LogP contribution in [0.25, 0.3) is 0 Å². The van der Waals surface area contributed by atoms with Crippen molar-refractivity contribution in [3.63, 3.8) is 0 Å². The van der Waals surface area contributed by atoms with Gasteiger partial charge in [0.1, 0.15) is 0 Å². The molecule has 0 saturated carbocycles. The van der Waals surface area contributed by atoms with Crippen LogP contribution in [-0.2, 0) is 5.60 Å². The van der Waals surface area contributed by atoms with E-state index in [1.807, 2.05) is 13.0 Å². The van der Waals surface area contributed by atoms with E-state index in [1.54, 1.807) is 31.2 Å². The first kappa shape index (κ1) is 14.1. The highest BCUT2D eigenvalue weighted by Crippen LogP contribution is 2.39. The number of hydrogen-bond donors (Lipinski definition) is 1. The highest BCUT2D eigenvalue weighted by molar-refractivity contribution is 5.23. The molecule has 0 aliphatic rings. The second-order valence-electron chi connectivity index (χ2n) is 4.39. The Morgan fingerprint density at radius 2 is 1.76 bits per heavy atom. The zero-order valence-corrected chi connectivity index (χ0v) is 10.4. The Morgan fingerprint density at radius 3 is 2.18 bits per heavy atom. The summed E-state index contributed by atoms with van der Waals surface area (Å²) in [6, 6.07) is 8.81. The van der Waals surface area contributed by atoms with Crippen molar-refractivity contribution >= 4 is 0 Å². The van der Waals surface area contributed by atoms with Crippen molar-refractivity contribution in [2.75, 3.05) is 0 Å². The number of aliphatic hydroxyl groups is 1. The summed E-state index contributed by atoms with van der Waals surface area (Å²) in [6.07, 6.45) is -1.20. The molecule has 0 aromatic heterocycles. The van der Waals surface area contributed by atoms with E-state index in [1.165, 1.54) is 0 Å². The average molecular weight is 242 g/mol. The van der Waals surface area contributed by atoms with Crippen molar-refractivity contribution in [2.45, 2.75) is 45.1 Å². The third-order valence-corrected chi connectivity index (χ3v) is 3.26. The van der Waals surface area contributed by atoms with Gasteiger partial charge in [-0.1, -0.05) is 50.6 Å². The Kier molecular flexibility index (Phi) is 5.06. The van der Waals surface area contributed by atoms with Crippen LogP contribution in [0, 0.1) is 5.92 Å². The van der Waals surface area contributed by atoms with Crippen LogP contribution in [0.4, 0.5) is 8.78 Å². The van der Waals surface area contributed by atoms with E-state index in [0.29, 0.717) is 18.4 Å². The zero-order valence-electron chi connectivity index (χ0n) is 10.4. The Morgan fingerprint density at radius 1 is 1.18 bits per heavy atom. The van der Waals surface area contributed by atoms with E-state index in [9.17, 15) is 13.9 Å². The summed E-state index contributed by atoms with van der Waals surface area (Å²) in [7, 11) is 0. The van der Waals surface area contributed by atoms with Gasteiger partial charge in [0.05, 0.1) is 11.5 Å². The minimum absolute atomic E-state index is 0.267. The molecule has 1 N–H and O–H groups in total. The Bertz CT molecular complexity index is 326.